The zero-order chi connectivity index (χ0) is 17.0. The minimum absolute atomic E-state index is 0.0969. The van der Waals surface area contributed by atoms with Gasteiger partial charge in [-0.05, 0) is 51.0 Å². The lowest BCUT2D eigenvalue weighted by atomic mass is 9.99. The number of benzene rings is 1. The minimum atomic E-state index is -3.25. The summed E-state index contributed by atoms with van der Waals surface area (Å²) in [4.78, 5) is 12.3. The van der Waals surface area contributed by atoms with Gasteiger partial charge in [0.1, 0.15) is 5.75 Å². The second-order valence-corrected chi connectivity index (χ2v) is 8.12. The summed E-state index contributed by atoms with van der Waals surface area (Å²) in [6.07, 6.45) is 2.68. The zero-order valence-corrected chi connectivity index (χ0v) is 14.6. The molecule has 6 nitrogen and oxygen atoms in total. The molecule has 128 valence electrons. The van der Waals surface area contributed by atoms with Gasteiger partial charge in [0.05, 0.1) is 18.3 Å². The lowest BCUT2D eigenvalue weighted by Gasteiger charge is -2.30. The Labute approximate surface area is 137 Å². The van der Waals surface area contributed by atoms with Gasteiger partial charge in [0, 0.05) is 18.8 Å². The molecule has 0 radical (unpaired) electrons. The summed E-state index contributed by atoms with van der Waals surface area (Å²) in [5.41, 5.74) is 0.683. The first-order chi connectivity index (χ1) is 10.8. The van der Waals surface area contributed by atoms with Crippen LogP contribution in [0.15, 0.2) is 24.3 Å². The predicted molar refractivity (Wildman–Crippen MR) is 90.0 cm³/mol. The zero-order valence-electron chi connectivity index (χ0n) is 13.8. The van der Waals surface area contributed by atoms with E-state index in [0.717, 1.165) is 5.75 Å². The number of piperidine rings is 1. The Morgan fingerprint density at radius 3 is 2.52 bits per heavy atom. The van der Waals surface area contributed by atoms with Crippen LogP contribution in [-0.2, 0) is 14.8 Å². The number of rotatable bonds is 5. The molecule has 7 heteroatoms. The van der Waals surface area contributed by atoms with Gasteiger partial charge in [0.15, 0.2) is 0 Å². The molecule has 1 saturated heterocycles. The second-order valence-electron chi connectivity index (χ2n) is 6.14. The van der Waals surface area contributed by atoms with E-state index in [9.17, 15) is 13.2 Å². The van der Waals surface area contributed by atoms with Gasteiger partial charge in [-0.25, -0.2) is 12.7 Å². The lowest BCUT2D eigenvalue weighted by Crippen LogP contribution is -2.43. The fourth-order valence-corrected chi connectivity index (χ4v) is 3.50. The molecule has 0 aromatic heterocycles. The van der Waals surface area contributed by atoms with E-state index in [-0.39, 0.29) is 24.5 Å². The quantitative estimate of drug-likeness (QED) is 0.890. The second kappa shape index (κ2) is 7.31. The Kier molecular flexibility index (Phi) is 5.64. The van der Waals surface area contributed by atoms with Crippen molar-refractivity contribution in [2.24, 2.45) is 5.92 Å². The maximum absolute atomic E-state index is 12.3. The summed E-state index contributed by atoms with van der Waals surface area (Å²) in [6.45, 7) is 4.64. The Balaban J connectivity index is 1.96. The van der Waals surface area contributed by atoms with Gasteiger partial charge < -0.3 is 10.1 Å². The normalized spacial score (nSPS) is 19.6. The molecule has 23 heavy (non-hydrogen) atoms. The summed E-state index contributed by atoms with van der Waals surface area (Å²) in [7, 11) is -3.25. The summed E-state index contributed by atoms with van der Waals surface area (Å²) in [5.74, 6) is 0.292. The number of carbonyl (C=O) groups excluding carboxylic acids is 1. The molecule has 0 saturated carbocycles. The molecule has 1 amide bonds. The molecule has 1 heterocycles. The fourth-order valence-electron chi connectivity index (χ4n) is 2.59. The molecule has 1 aromatic carbocycles. The third kappa shape index (κ3) is 5.21. The summed E-state index contributed by atoms with van der Waals surface area (Å²) in [5, 5.41) is 2.85. The monoisotopic (exact) mass is 340 g/mol. The molecule has 0 aliphatic carbocycles. The van der Waals surface area contributed by atoms with Crippen molar-refractivity contribution in [3.63, 3.8) is 0 Å². The van der Waals surface area contributed by atoms with Crippen LogP contribution in [0.2, 0.25) is 0 Å². The standard InChI is InChI=1S/C16H24N2O4S/c1-12(2)22-15-8-6-14(7-9-15)17-16(19)13-5-4-10-18(11-13)23(3,20)21/h6-9,12-13H,4-5,10-11H2,1-3H3,(H,17,19)/t13-/m1/s1. The maximum atomic E-state index is 12.3. The van der Waals surface area contributed by atoms with Crippen LogP contribution in [0.1, 0.15) is 26.7 Å². The topological polar surface area (TPSA) is 75.7 Å². The van der Waals surface area contributed by atoms with Crippen LogP contribution < -0.4 is 10.1 Å². The van der Waals surface area contributed by atoms with Gasteiger partial charge in [-0.3, -0.25) is 4.79 Å². The molecule has 0 bridgehead atoms. The number of nitrogens with zero attached hydrogens (tertiary/aromatic N) is 1. The molecule has 0 spiro atoms. The number of anilines is 1. The molecule has 2 rings (SSSR count). The first kappa shape index (κ1) is 17.7. The smallest absolute Gasteiger partial charge is 0.228 e. The number of hydrogen-bond donors (Lipinski definition) is 1. The predicted octanol–water partition coefficient (Wildman–Crippen LogP) is 2.08. The highest BCUT2D eigenvalue weighted by atomic mass is 32.2. The Morgan fingerprint density at radius 1 is 1.30 bits per heavy atom. The van der Waals surface area contributed by atoms with Crippen molar-refractivity contribution in [1.29, 1.82) is 0 Å². The van der Waals surface area contributed by atoms with Crippen molar-refractivity contribution >= 4 is 21.6 Å². The van der Waals surface area contributed by atoms with Crippen LogP contribution in [0.25, 0.3) is 0 Å². The number of amides is 1. The number of nitrogens with one attached hydrogen (secondary N) is 1. The van der Waals surface area contributed by atoms with Gasteiger partial charge in [-0.15, -0.1) is 0 Å². The number of carbonyl (C=O) groups is 1. The summed E-state index contributed by atoms with van der Waals surface area (Å²) < 4.78 is 30.2. The van der Waals surface area contributed by atoms with Crippen molar-refractivity contribution in [3.8, 4) is 5.75 Å². The van der Waals surface area contributed by atoms with Gasteiger partial charge in [-0.1, -0.05) is 0 Å². The molecule has 1 atom stereocenters. The van der Waals surface area contributed by atoms with E-state index in [1.54, 1.807) is 24.3 Å². The Morgan fingerprint density at radius 2 is 1.96 bits per heavy atom. The highest BCUT2D eigenvalue weighted by Gasteiger charge is 2.30. The summed E-state index contributed by atoms with van der Waals surface area (Å²) >= 11 is 0. The van der Waals surface area contributed by atoms with Gasteiger partial charge in [0.2, 0.25) is 15.9 Å². The number of sulfonamides is 1. The highest BCUT2D eigenvalue weighted by molar-refractivity contribution is 7.88. The number of ether oxygens (including phenoxy) is 1. The van der Waals surface area contributed by atoms with E-state index in [1.165, 1.54) is 10.6 Å². The van der Waals surface area contributed by atoms with E-state index in [2.05, 4.69) is 5.32 Å². The highest BCUT2D eigenvalue weighted by Crippen LogP contribution is 2.22. The van der Waals surface area contributed by atoms with E-state index < -0.39 is 10.0 Å². The largest absolute Gasteiger partial charge is 0.491 e. The van der Waals surface area contributed by atoms with Crippen LogP contribution in [0.4, 0.5) is 5.69 Å². The van der Waals surface area contributed by atoms with Gasteiger partial charge in [0.25, 0.3) is 0 Å². The van der Waals surface area contributed by atoms with Crippen molar-refractivity contribution < 1.29 is 17.9 Å². The van der Waals surface area contributed by atoms with E-state index >= 15 is 0 Å². The molecule has 1 aromatic rings. The molecule has 1 aliphatic rings. The SMILES string of the molecule is CC(C)Oc1ccc(NC(=O)[C@@H]2CCCN(S(C)(=O)=O)C2)cc1. The van der Waals surface area contributed by atoms with E-state index in [4.69, 9.17) is 4.74 Å². The summed E-state index contributed by atoms with van der Waals surface area (Å²) in [6, 6.07) is 7.18. The third-order valence-corrected chi connectivity index (χ3v) is 4.99. The Bertz CT molecular complexity index is 641. The first-order valence-corrected chi connectivity index (χ1v) is 9.63. The lowest BCUT2D eigenvalue weighted by molar-refractivity contribution is -0.120. The average Bonchev–Trinajstić information content (AvgIpc) is 2.48. The average molecular weight is 340 g/mol. The molecule has 1 fully saturated rings. The molecule has 0 unspecified atom stereocenters. The van der Waals surface area contributed by atoms with Crippen molar-refractivity contribution in [2.75, 3.05) is 24.7 Å². The molecular formula is C16H24N2O4S. The van der Waals surface area contributed by atoms with Crippen LogP contribution in [-0.4, -0.2) is 44.1 Å². The number of hydrogen-bond acceptors (Lipinski definition) is 4. The maximum Gasteiger partial charge on any atom is 0.228 e. The molecular weight excluding hydrogens is 316 g/mol. The van der Waals surface area contributed by atoms with Crippen LogP contribution in [0.5, 0.6) is 5.75 Å². The van der Waals surface area contributed by atoms with Crippen LogP contribution in [0, 0.1) is 5.92 Å². The van der Waals surface area contributed by atoms with Crippen molar-refractivity contribution in [2.45, 2.75) is 32.8 Å². The van der Waals surface area contributed by atoms with Crippen molar-refractivity contribution in [3.05, 3.63) is 24.3 Å². The molecule has 1 aliphatic heterocycles. The van der Waals surface area contributed by atoms with Gasteiger partial charge in [-0.2, -0.15) is 0 Å². The van der Waals surface area contributed by atoms with Gasteiger partial charge >= 0.3 is 0 Å². The minimum Gasteiger partial charge on any atom is -0.491 e. The Hall–Kier alpha value is -1.60. The molecule has 1 N–H and O–H groups in total. The fraction of sp³-hybridized carbons (Fsp3) is 0.562. The first-order valence-electron chi connectivity index (χ1n) is 7.78. The third-order valence-electron chi connectivity index (χ3n) is 3.72. The van der Waals surface area contributed by atoms with Crippen LogP contribution >= 0.6 is 0 Å². The van der Waals surface area contributed by atoms with E-state index in [1.807, 2.05) is 13.8 Å². The van der Waals surface area contributed by atoms with E-state index in [0.29, 0.717) is 25.1 Å². The van der Waals surface area contributed by atoms with Crippen molar-refractivity contribution in [1.82, 2.24) is 4.31 Å². The van der Waals surface area contributed by atoms with Crippen LogP contribution in [0.3, 0.4) is 0 Å².